The molecule has 0 saturated heterocycles. The van der Waals surface area contributed by atoms with Gasteiger partial charge in [0.05, 0.1) is 18.9 Å². The lowest BCUT2D eigenvalue weighted by molar-refractivity contribution is -0.160. The van der Waals surface area contributed by atoms with Crippen LogP contribution in [0.4, 0.5) is 0 Å². The molecule has 3 aliphatic carbocycles. The smallest absolute Gasteiger partial charge is 0.310 e. The highest BCUT2D eigenvalue weighted by molar-refractivity contribution is 5.85. The van der Waals surface area contributed by atoms with Crippen LogP contribution in [-0.4, -0.2) is 24.2 Å². The molecular formula is C17H26O4. The molecule has 21 heavy (non-hydrogen) atoms. The maximum atomic E-state index is 12.3. The number of carbonyl (C=O) groups is 2. The Morgan fingerprint density at radius 2 is 1.81 bits per heavy atom. The Morgan fingerprint density at radius 3 is 2.24 bits per heavy atom. The molecule has 1 spiro atoms. The Labute approximate surface area is 126 Å². The molecule has 0 heterocycles. The Morgan fingerprint density at radius 1 is 1.24 bits per heavy atom. The summed E-state index contributed by atoms with van der Waals surface area (Å²) in [6.45, 7) is 11.0. The third-order valence-electron chi connectivity index (χ3n) is 6.96. The fraction of sp³-hybridized carbons (Fsp3) is 0.882. The normalized spacial score (nSPS) is 46.1. The predicted octanol–water partition coefficient (Wildman–Crippen LogP) is 2.81. The number of rotatable bonds is 2. The van der Waals surface area contributed by atoms with Crippen LogP contribution in [0.5, 0.6) is 0 Å². The van der Waals surface area contributed by atoms with Gasteiger partial charge in [-0.3, -0.25) is 9.59 Å². The second-order valence-electron chi connectivity index (χ2n) is 8.86. The number of methoxy groups -OCH3 is 1. The van der Waals surface area contributed by atoms with Crippen molar-refractivity contribution in [3.05, 3.63) is 0 Å². The van der Waals surface area contributed by atoms with Crippen molar-refractivity contribution < 1.29 is 19.4 Å². The van der Waals surface area contributed by atoms with Gasteiger partial charge in [0.15, 0.2) is 0 Å². The molecule has 6 atom stereocenters. The zero-order valence-corrected chi connectivity index (χ0v) is 13.8. The topological polar surface area (TPSA) is 63.6 Å². The molecule has 0 aliphatic heterocycles. The molecule has 3 aliphatic rings. The molecule has 0 amide bonds. The summed E-state index contributed by atoms with van der Waals surface area (Å²) >= 11 is 0. The lowest BCUT2D eigenvalue weighted by Gasteiger charge is -2.39. The Hall–Kier alpha value is -1.06. The molecule has 3 fully saturated rings. The first-order valence-electron chi connectivity index (χ1n) is 7.82. The molecule has 6 unspecified atom stereocenters. The van der Waals surface area contributed by atoms with Crippen LogP contribution in [0.2, 0.25) is 0 Å². The number of ether oxygens (including phenoxy) is 1. The van der Waals surface area contributed by atoms with Gasteiger partial charge >= 0.3 is 11.9 Å². The van der Waals surface area contributed by atoms with E-state index in [1.807, 2.05) is 0 Å². The van der Waals surface area contributed by atoms with Crippen LogP contribution in [0.1, 0.15) is 41.0 Å². The van der Waals surface area contributed by atoms with Crippen LogP contribution in [0.3, 0.4) is 0 Å². The van der Waals surface area contributed by atoms with Crippen LogP contribution in [0.25, 0.3) is 0 Å². The third-order valence-corrected chi connectivity index (χ3v) is 6.96. The number of carbonyl (C=O) groups excluding carboxylic acids is 1. The van der Waals surface area contributed by atoms with E-state index < -0.39 is 17.8 Å². The van der Waals surface area contributed by atoms with Crippen molar-refractivity contribution in [1.29, 1.82) is 0 Å². The van der Waals surface area contributed by atoms with Crippen LogP contribution < -0.4 is 0 Å². The number of hydrogen-bond acceptors (Lipinski definition) is 3. The Bertz CT molecular complexity index is 515. The van der Waals surface area contributed by atoms with E-state index in [1.54, 1.807) is 0 Å². The quantitative estimate of drug-likeness (QED) is 0.795. The molecule has 0 aromatic rings. The minimum atomic E-state index is -0.831. The summed E-state index contributed by atoms with van der Waals surface area (Å²) in [5.74, 6) is -1.30. The molecule has 3 saturated carbocycles. The van der Waals surface area contributed by atoms with Crippen molar-refractivity contribution in [3.63, 3.8) is 0 Å². The Balaban J connectivity index is 2.10. The van der Waals surface area contributed by atoms with Gasteiger partial charge in [-0.15, -0.1) is 0 Å². The van der Waals surface area contributed by atoms with Gasteiger partial charge in [0.1, 0.15) is 0 Å². The van der Waals surface area contributed by atoms with Crippen LogP contribution >= 0.6 is 0 Å². The molecular weight excluding hydrogens is 268 g/mol. The van der Waals surface area contributed by atoms with E-state index in [2.05, 4.69) is 34.6 Å². The SMILES string of the molecule is COC(=O)C1C(C(=O)O)C2CC13C(C2C(C)(C)C)C3(C)C. The summed E-state index contributed by atoms with van der Waals surface area (Å²) in [5.41, 5.74) is -0.0596. The van der Waals surface area contributed by atoms with E-state index in [9.17, 15) is 14.7 Å². The second kappa shape index (κ2) is 3.82. The van der Waals surface area contributed by atoms with Gasteiger partial charge in [0.2, 0.25) is 0 Å². The highest BCUT2D eigenvalue weighted by atomic mass is 16.5. The summed E-state index contributed by atoms with van der Waals surface area (Å²) in [5, 5.41) is 9.73. The molecule has 0 radical (unpaired) electrons. The van der Waals surface area contributed by atoms with E-state index in [0.717, 1.165) is 6.42 Å². The summed E-state index contributed by atoms with van der Waals surface area (Å²) in [6, 6.07) is 0. The molecule has 4 heteroatoms. The van der Waals surface area contributed by atoms with Crippen molar-refractivity contribution >= 4 is 11.9 Å². The monoisotopic (exact) mass is 294 g/mol. The zero-order chi connectivity index (χ0) is 16.0. The average Bonchev–Trinajstić information content (AvgIpc) is 2.73. The number of carboxylic acids is 1. The number of hydrogen-bond donors (Lipinski definition) is 1. The maximum Gasteiger partial charge on any atom is 0.310 e. The number of aliphatic carboxylic acids is 1. The molecule has 2 bridgehead atoms. The lowest BCUT2D eigenvalue weighted by atomic mass is 9.64. The molecule has 3 rings (SSSR count). The highest BCUT2D eigenvalue weighted by Crippen LogP contribution is 2.89. The van der Waals surface area contributed by atoms with Crippen molar-refractivity contribution in [1.82, 2.24) is 0 Å². The van der Waals surface area contributed by atoms with E-state index in [4.69, 9.17) is 4.74 Å². The van der Waals surface area contributed by atoms with Gasteiger partial charge in [-0.2, -0.15) is 0 Å². The van der Waals surface area contributed by atoms with Crippen LogP contribution in [-0.2, 0) is 14.3 Å². The van der Waals surface area contributed by atoms with Gasteiger partial charge < -0.3 is 9.84 Å². The summed E-state index contributed by atoms with van der Waals surface area (Å²) in [4.78, 5) is 24.2. The van der Waals surface area contributed by atoms with Gasteiger partial charge in [-0.1, -0.05) is 34.6 Å². The van der Waals surface area contributed by atoms with Gasteiger partial charge in [-0.05, 0) is 40.4 Å². The summed E-state index contributed by atoms with van der Waals surface area (Å²) in [6.07, 6.45) is 0.864. The van der Waals surface area contributed by atoms with Crippen molar-refractivity contribution in [2.75, 3.05) is 7.11 Å². The van der Waals surface area contributed by atoms with E-state index >= 15 is 0 Å². The zero-order valence-electron chi connectivity index (χ0n) is 13.8. The molecule has 1 N–H and O–H groups in total. The average molecular weight is 294 g/mol. The first-order valence-corrected chi connectivity index (χ1v) is 7.82. The number of fused-ring (bicyclic) bond motifs is 1. The first kappa shape index (κ1) is 14.9. The molecule has 118 valence electrons. The van der Waals surface area contributed by atoms with E-state index in [0.29, 0.717) is 11.8 Å². The number of esters is 1. The first-order chi connectivity index (χ1) is 9.51. The van der Waals surface area contributed by atoms with Crippen molar-refractivity contribution in [2.24, 2.45) is 45.8 Å². The molecule has 0 aromatic heterocycles. The molecule has 4 nitrogen and oxygen atoms in total. The minimum Gasteiger partial charge on any atom is -0.481 e. The van der Waals surface area contributed by atoms with Crippen LogP contribution in [0.15, 0.2) is 0 Å². The highest BCUT2D eigenvalue weighted by Gasteiger charge is 2.88. The van der Waals surface area contributed by atoms with Gasteiger partial charge in [0, 0.05) is 0 Å². The lowest BCUT2D eigenvalue weighted by Crippen LogP contribution is -2.42. The Kier molecular flexibility index (Phi) is 2.70. The third kappa shape index (κ3) is 1.46. The second-order valence-corrected chi connectivity index (χ2v) is 8.86. The molecule has 0 aromatic carbocycles. The van der Waals surface area contributed by atoms with Crippen LogP contribution in [0, 0.1) is 45.8 Å². The standard InChI is InChI=1S/C17H26O4/c1-15(2,3)10-8-7-17(12(10)16(17,4)5)11(14(20)21-6)9(8)13(18)19/h8-12H,7H2,1-6H3,(H,18,19). The fourth-order valence-corrected chi connectivity index (χ4v) is 6.44. The van der Waals surface area contributed by atoms with Crippen molar-refractivity contribution in [2.45, 2.75) is 41.0 Å². The minimum absolute atomic E-state index is 0.0322. The van der Waals surface area contributed by atoms with Gasteiger partial charge in [0.25, 0.3) is 0 Å². The van der Waals surface area contributed by atoms with Gasteiger partial charge in [-0.25, -0.2) is 0 Å². The maximum absolute atomic E-state index is 12.3. The largest absolute Gasteiger partial charge is 0.481 e. The predicted molar refractivity (Wildman–Crippen MR) is 77.4 cm³/mol. The summed E-state index contributed by atoms with van der Waals surface area (Å²) in [7, 11) is 1.37. The number of carboxylic acid groups (broad SMARTS) is 1. The van der Waals surface area contributed by atoms with E-state index in [-0.39, 0.29) is 28.1 Å². The van der Waals surface area contributed by atoms with E-state index in [1.165, 1.54) is 7.11 Å². The summed E-state index contributed by atoms with van der Waals surface area (Å²) < 4.78 is 4.97. The van der Waals surface area contributed by atoms with Crippen molar-refractivity contribution in [3.8, 4) is 0 Å². The fourth-order valence-electron chi connectivity index (χ4n) is 6.44.